The molecule has 1 N–H and O–H groups in total. The van der Waals surface area contributed by atoms with E-state index in [9.17, 15) is 4.79 Å². The van der Waals surface area contributed by atoms with Crippen molar-refractivity contribution in [3.05, 3.63) is 35.9 Å². The molecular weight excluding hydrogens is 260 g/mol. The maximum Gasteiger partial charge on any atom is 0.236 e. The van der Waals surface area contributed by atoms with Crippen LogP contribution >= 0.6 is 0 Å². The Balaban J connectivity index is 1.98. The summed E-state index contributed by atoms with van der Waals surface area (Å²) in [4.78, 5) is 14.5. The van der Waals surface area contributed by atoms with Crippen LogP contribution in [-0.2, 0) is 10.2 Å². The first kappa shape index (κ1) is 16.0. The molecule has 0 aliphatic heterocycles. The molecule has 1 amide bonds. The van der Waals surface area contributed by atoms with Gasteiger partial charge in [-0.25, -0.2) is 0 Å². The second kappa shape index (κ2) is 7.08. The molecule has 0 saturated heterocycles. The van der Waals surface area contributed by atoms with Gasteiger partial charge in [-0.3, -0.25) is 4.79 Å². The summed E-state index contributed by atoms with van der Waals surface area (Å²) in [6.45, 7) is 8.65. The molecule has 3 nitrogen and oxygen atoms in total. The number of amides is 1. The Morgan fingerprint density at radius 2 is 1.95 bits per heavy atom. The highest BCUT2D eigenvalue weighted by Crippen LogP contribution is 2.24. The van der Waals surface area contributed by atoms with E-state index < -0.39 is 0 Å². The zero-order valence-electron chi connectivity index (χ0n) is 13.6. The SMILES string of the molecule is CCCN(CC(C)(C)c1ccccc1)C(=O)CNC1CC1. The normalized spacial score (nSPS) is 15.0. The second-order valence-electron chi connectivity index (χ2n) is 6.72. The molecule has 21 heavy (non-hydrogen) atoms. The van der Waals surface area contributed by atoms with Gasteiger partial charge in [0.1, 0.15) is 0 Å². The second-order valence-corrected chi connectivity index (χ2v) is 6.72. The van der Waals surface area contributed by atoms with Crippen LogP contribution in [0.1, 0.15) is 45.6 Å². The van der Waals surface area contributed by atoms with E-state index in [1.165, 1.54) is 18.4 Å². The third-order valence-corrected chi connectivity index (χ3v) is 4.11. The summed E-state index contributed by atoms with van der Waals surface area (Å²) in [5, 5.41) is 3.33. The highest BCUT2D eigenvalue weighted by Gasteiger charge is 2.27. The van der Waals surface area contributed by atoms with Crippen molar-refractivity contribution < 1.29 is 4.79 Å². The van der Waals surface area contributed by atoms with Crippen LogP contribution in [0.2, 0.25) is 0 Å². The Bertz CT molecular complexity index is 452. The summed E-state index contributed by atoms with van der Waals surface area (Å²) in [5.74, 6) is 0.229. The zero-order valence-corrected chi connectivity index (χ0v) is 13.6. The average Bonchev–Trinajstić information content (AvgIpc) is 3.29. The molecule has 1 fully saturated rings. The van der Waals surface area contributed by atoms with Crippen molar-refractivity contribution in [1.82, 2.24) is 10.2 Å². The van der Waals surface area contributed by atoms with Crippen LogP contribution in [0, 0.1) is 0 Å². The topological polar surface area (TPSA) is 32.3 Å². The van der Waals surface area contributed by atoms with Crippen molar-refractivity contribution in [2.75, 3.05) is 19.6 Å². The quantitative estimate of drug-likeness (QED) is 0.797. The maximum atomic E-state index is 12.4. The van der Waals surface area contributed by atoms with E-state index in [-0.39, 0.29) is 11.3 Å². The molecule has 0 radical (unpaired) electrons. The third kappa shape index (κ3) is 4.85. The minimum Gasteiger partial charge on any atom is -0.341 e. The summed E-state index contributed by atoms with van der Waals surface area (Å²) in [6, 6.07) is 11.1. The number of benzene rings is 1. The molecule has 0 atom stereocenters. The molecule has 1 aromatic rings. The minimum absolute atomic E-state index is 0.0222. The molecule has 0 spiro atoms. The van der Waals surface area contributed by atoms with Gasteiger partial charge in [-0.2, -0.15) is 0 Å². The van der Waals surface area contributed by atoms with Gasteiger partial charge in [-0.15, -0.1) is 0 Å². The minimum atomic E-state index is -0.0222. The van der Waals surface area contributed by atoms with E-state index in [1.807, 2.05) is 11.0 Å². The number of hydrogen-bond acceptors (Lipinski definition) is 2. The van der Waals surface area contributed by atoms with Gasteiger partial charge in [0.2, 0.25) is 5.91 Å². The van der Waals surface area contributed by atoms with Gasteiger partial charge in [0.25, 0.3) is 0 Å². The fourth-order valence-corrected chi connectivity index (χ4v) is 2.65. The van der Waals surface area contributed by atoms with Crippen LogP contribution in [0.15, 0.2) is 30.3 Å². The van der Waals surface area contributed by atoms with Crippen molar-refractivity contribution in [3.63, 3.8) is 0 Å². The highest BCUT2D eigenvalue weighted by molar-refractivity contribution is 5.78. The lowest BCUT2D eigenvalue weighted by molar-refractivity contribution is -0.131. The van der Waals surface area contributed by atoms with E-state index in [2.05, 4.69) is 50.4 Å². The van der Waals surface area contributed by atoms with Gasteiger partial charge >= 0.3 is 0 Å². The Labute approximate surface area is 128 Å². The van der Waals surface area contributed by atoms with Gasteiger partial charge in [-0.1, -0.05) is 51.1 Å². The van der Waals surface area contributed by atoms with E-state index in [4.69, 9.17) is 0 Å². The summed E-state index contributed by atoms with van der Waals surface area (Å²) >= 11 is 0. The molecule has 0 aromatic heterocycles. The summed E-state index contributed by atoms with van der Waals surface area (Å²) < 4.78 is 0. The summed E-state index contributed by atoms with van der Waals surface area (Å²) in [6.07, 6.45) is 3.44. The van der Waals surface area contributed by atoms with Crippen molar-refractivity contribution >= 4 is 5.91 Å². The Hall–Kier alpha value is -1.35. The Morgan fingerprint density at radius 1 is 1.29 bits per heavy atom. The van der Waals surface area contributed by atoms with Crippen molar-refractivity contribution in [3.8, 4) is 0 Å². The van der Waals surface area contributed by atoms with Gasteiger partial charge in [0.15, 0.2) is 0 Å². The number of carbonyl (C=O) groups excluding carboxylic acids is 1. The van der Waals surface area contributed by atoms with Gasteiger partial charge in [-0.05, 0) is 24.8 Å². The zero-order chi connectivity index (χ0) is 15.3. The maximum absolute atomic E-state index is 12.4. The molecule has 3 heteroatoms. The van der Waals surface area contributed by atoms with Gasteiger partial charge < -0.3 is 10.2 Å². The van der Waals surface area contributed by atoms with Crippen LogP contribution < -0.4 is 5.32 Å². The Kier molecular flexibility index (Phi) is 5.40. The van der Waals surface area contributed by atoms with Crippen LogP contribution in [0.25, 0.3) is 0 Å². The summed E-state index contributed by atoms with van der Waals surface area (Å²) in [5.41, 5.74) is 1.26. The van der Waals surface area contributed by atoms with E-state index >= 15 is 0 Å². The third-order valence-electron chi connectivity index (χ3n) is 4.11. The number of nitrogens with one attached hydrogen (secondary N) is 1. The molecule has 1 aromatic carbocycles. The molecule has 0 unspecified atom stereocenters. The van der Waals surface area contributed by atoms with Crippen molar-refractivity contribution in [2.45, 2.75) is 51.5 Å². The van der Waals surface area contributed by atoms with E-state index in [0.29, 0.717) is 12.6 Å². The largest absolute Gasteiger partial charge is 0.341 e. The van der Waals surface area contributed by atoms with Crippen molar-refractivity contribution in [2.24, 2.45) is 0 Å². The van der Waals surface area contributed by atoms with Crippen LogP contribution in [-0.4, -0.2) is 36.5 Å². The van der Waals surface area contributed by atoms with Crippen LogP contribution in [0.5, 0.6) is 0 Å². The predicted octanol–water partition coefficient (Wildman–Crippen LogP) is 2.95. The lowest BCUT2D eigenvalue weighted by atomic mass is 9.84. The highest BCUT2D eigenvalue weighted by atomic mass is 16.2. The predicted molar refractivity (Wildman–Crippen MR) is 87.4 cm³/mol. The standard InChI is InChI=1S/C18H28N2O/c1-4-12-20(17(21)13-19-16-10-11-16)14-18(2,3)15-8-6-5-7-9-15/h5-9,16,19H,4,10-14H2,1-3H3. The number of nitrogens with zero attached hydrogens (tertiary/aromatic N) is 1. The fourth-order valence-electron chi connectivity index (χ4n) is 2.65. The fraction of sp³-hybridized carbons (Fsp3) is 0.611. The molecule has 1 aliphatic carbocycles. The molecule has 2 rings (SSSR count). The van der Waals surface area contributed by atoms with Gasteiger partial charge in [0, 0.05) is 24.5 Å². The average molecular weight is 288 g/mol. The molecule has 1 aliphatic rings. The molecule has 0 heterocycles. The first-order valence-corrected chi connectivity index (χ1v) is 8.09. The smallest absolute Gasteiger partial charge is 0.236 e. The molecule has 0 bridgehead atoms. The van der Waals surface area contributed by atoms with E-state index in [1.54, 1.807) is 0 Å². The number of carbonyl (C=O) groups is 1. The van der Waals surface area contributed by atoms with E-state index in [0.717, 1.165) is 19.5 Å². The monoisotopic (exact) mass is 288 g/mol. The molecule has 1 saturated carbocycles. The number of hydrogen-bond donors (Lipinski definition) is 1. The first-order chi connectivity index (χ1) is 10.0. The van der Waals surface area contributed by atoms with Gasteiger partial charge in [0.05, 0.1) is 6.54 Å². The van der Waals surface area contributed by atoms with Crippen LogP contribution in [0.3, 0.4) is 0 Å². The lowest BCUT2D eigenvalue weighted by Gasteiger charge is -2.33. The summed E-state index contributed by atoms with van der Waals surface area (Å²) in [7, 11) is 0. The number of rotatable bonds is 8. The molecular formula is C18H28N2O. The first-order valence-electron chi connectivity index (χ1n) is 8.09. The molecule has 116 valence electrons. The van der Waals surface area contributed by atoms with Crippen molar-refractivity contribution in [1.29, 1.82) is 0 Å². The Morgan fingerprint density at radius 3 is 2.52 bits per heavy atom. The lowest BCUT2D eigenvalue weighted by Crippen LogP contribution is -2.45. The van der Waals surface area contributed by atoms with Crippen LogP contribution in [0.4, 0.5) is 0 Å².